The largest absolute Gasteiger partial charge is 0.295 e. The number of Topliss-reactive ketones (excluding diaryl/α,β-unsaturated/α-hetero) is 1. The maximum absolute atomic E-state index is 13.3. The van der Waals surface area contributed by atoms with Gasteiger partial charge in [0, 0.05) is 34.5 Å². The molecular formula is C23H18Cl2N2O3. The number of pyridine rings is 1. The van der Waals surface area contributed by atoms with Crippen LogP contribution in [0, 0.1) is 0 Å². The minimum absolute atomic E-state index is 0.113. The number of rotatable bonds is 5. The zero-order valence-corrected chi connectivity index (χ0v) is 17.9. The van der Waals surface area contributed by atoms with E-state index in [9.17, 15) is 9.59 Å². The Morgan fingerprint density at radius 1 is 1.07 bits per heavy atom. The van der Waals surface area contributed by atoms with Crippen LogP contribution in [0.15, 0.2) is 60.8 Å². The monoisotopic (exact) mass is 440 g/mol. The number of ketones is 1. The average Bonchev–Trinajstić information content (AvgIpc) is 2.98. The van der Waals surface area contributed by atoms with Gasteiger partial charge in [-0.25, -0.2) is 5.06 Å². The van der Waals surface area contributed by atoms with E-state index in [1.165, 1.54) is 19.1 Å². The summed E-state index contributed by atoms with van der Waals surface area (Å²) in [6, 6.07) is 16.0. The van der Waals surface area contributed by atoms with E-state index in [0.29, 0.717) is 27.6 Å². The summed E-state index contributed by atoms with van der Waals surface area (Å²) >= 11 is 12.1. The number of nitrogens with zero attached hydrogens (tertiary/aromatic N) is 2. The van der Waals surface area contributed by atoms with Gasteiger partial charge in [0.15, 0.2) is 5.78 Å². The molecule has 1 atom stereocenters. The molecule has 0 saturated heterocycles. The minimum Gasteiger partial charge on any atom is -0.295 e. The average molecular weight is 441 g/mol. The minimum atomic E-state index is -0.984. The van der Waals surface area contributed by atoms with Gasteiger partial charge in [0.1, 0.15) is 5.54 Å². The highest BCUT2D eigenvalue weighted by Gasteiger charge is 2.52. The lowest BCUT2D eigenvalue weighted by Crippen LogP contribution is -2.46. The van der Waals surface area contributed by atoms with Crippen LogP contribution in [0.25, 0.3) is 0 Å². The number of hydrogen-bond acceptors (Lipinski definition) is 4. The molecule has 0 aliphatic carbocycles. The fraction of sp³-hybridized carbons (Fsp3) is 0.174. The fourth-order valence-corrected chi connectivity index (χ4v) is 4.21. The van der Waals surface area contributed by atoms with Crippen LogP contribution in [0.3, 0.4) is 0 Å². The van der Waals surface area contributed by atoms with Crippen LogP contribution < -0.4 is 0 Å². The van der Waals surface area contributed by atoms with Crippen molar-refractivity contribution in [3.63, 3.8) is 0 Å². The van der Waals surface area contributed by atoms with Gasteiger partial charge < -0.3 is 0 Å². The third-order valence-electron chi connectivity index (χ3n) is 5.36. The zero-order chi connectivity index (χ0) is 21.5. The second-order valence-electron chi connectivity index (χ2n) is 7.11. The van der Waals surface area contributed by atoms with Crippen molar-refractivity contribution in [1.29, 1.82) is 0 Å². The van der Waals surface area contributed by atoms with E-state index in [1.54, 1.807) is 36.5 Å². The predicted octanol–water partition coefficient (Wildman–Crippen LogP) is 5.09. The second kappa shape index (κ2) is 7.84. The number of halogens is 2. The van der Waals surface area contributed by atoms with Crippen LogP contribution in [0.5, 0.6) is 0 Å². The van der Waals surface area contributed by atoms with Crippen molar-refractivity contribution in [2.45, 2.75) is 18.9 Å². The number of amides is 1. The summed E-state index contributed by atoms with van der Waals surface area (Å²) in [6.07, 6.45) is 1.91. The summed E-state index contributed by atoms with van der Waals surface area (Å²) < 4.78 is 0. The first kappa shape index (κ1) is 20.5. The molecule has 1 aliphatic heterocycles. The molecule has 5 nitrogen and oxygen atoms in total. The first-order valence-electron chi connectivity index (χ1n) is 9.27. The molecule has 152 valence electrons. The van der Waals surface area contributed by atoms with Gasteiger partial charge in [0.2, 0.25) is 0 Å². The molecule has 0 unspecified atom stereocenters. The number of fused-ring (bicyclic) bond motifs is 1. The van der Waals surface area contributed by atoms with Crippen molar-refractivity contribution in [2.24, 2.45) is 0 Å². The molecule has 2 heterocycles. The Kier molecular flexibility index (Phi) is 5.36. The van der Waals surface area contributed by atoms with Gasteiger partial charge in [-0.15, -0.1) is 0 Å². The highest BCUT2D eigenvalue weighted by atomic mass is 35.5. The third kappa shape index (κ3) is 3.29. The lowest BCUT2D eigenvalue weighted by Gasteiger charge is -2.37. The Balaban J connectivity index is 1.98. The molecule has 0 radical (unpaired) electrons. The third-order valence-corrected chi connectivity index (χ3v) is 5.84. The van der Waals surface area contributed by atoms with Gasteiger partial charge in [0.25, 0.3) is 5.91 Å². The molecule has 30 heavy (non-hydrogen) atoms. The summed E-state index contributed by atoms with van der Waals surface area (Å²) in [5.74, 6) is -0.433. The van der Waals surface area contributed by atoms with Gasteiger partial charge in [-0.1, -0.05) is 47.5 Å². The molecule has 0 spiro atoms. The maximum Gasteiger partial charge on any atom is 0.279 e. The summed E-state index contributed by atoms with van der Waals surface area (Å²) in [4.78, 5) is 35.3. The van der Waals surface area contributed by atoms with Crippen molar-refractivity contribution >= 4 is 34.9 Å². The Hall–Kier alpha value is -2.73. The topological polar surface area (TPSA) is 59.5 Å². The van der Waals surface area contributed by atoms with Crippen molar-refractivity contribution in [1.82, 2.24) is 10.0 Å². The molecule has 2 aromatic carbocycles. The molecule has 0 saturated carbocycles. The quantitative estimate of drug-likeness (QED) is 0.518. The SMILES string of the molecule is CON1C(=O)c2cc(C(C)=O)ccc2[C@@]1(Cc1ccc(Cl)cn1)c1ccc(Cl)cc1. The lowest BCUT2D eigenvalue weighted by atomic mass is 9.79. The van der Waals surface area contributed by atoms with Gasteiger partial charge in [-0.2, -0.15) is 0 Å². The summed E-state index contributed by atoms with van der Waals surface area (Å²) in [6.45, 7) is 1.47. The van der Waals surface area contributed by atoms with E-state index in [1.807, 2.05) is 24.3 Å². The molecule has 0 fully saturated rings. The van der Waals surface area contributed by atoms with Crippen LogP contribution in [-0.4, -0.2) is 28.8 Å². The van der Waals surface area contributed by atoms with Crippen molar-refractivity contribution in [3.8, 4) is 0 Å². The Morgan fingerprint density at radius 2 is 1.77 bits per heavy atom. The number of benzene rings is 2. The van der Waals surface area contributed by atoms with Crippen LogP contribution >= 0.6 is 23.2 Å². The summed E-state index contributed by atoms with van der Waals surface area (Å²) in [7, 11) is 1.45. The summed E-state index contributed by atoms with van der Waals surface area (Å²) in [5, 5.41) is 2.46. The Labute approximate surface area is 184 Å². The predicted molar refractivity (Wildman–Crippen MR) is 115 cm³/mol. The molecule has 1 aromatic heterocycles. The van der Waals surface area contributed by atoms with Crippen molar-refractivity contribution < 1.29 is 14.4 Å². The standard InChI is InChI=1S/C23H18Cl2N2O3/c1-14(28)15-3-10-21-20(11-15)22(29)27(30-2)23(21,16-4-6-17(24)7-5-16)12-19-9-8-18(25)13-26-19/h3-11,13H,12H2,1-2H3/t23-/m1/s1. The second-order valence-corrected chi connectivity index (χ2v) is 7.98. The first-order valence-corrected chi connectivity index (χ1v) is 10.0. The maximum atomic E-state index is 13.3. The van der Waals surface area contributed by atoms with Gasteiger partial charge in [-0.3, -0.25) is 19.4 Å². The Morgan fingerprint density at radius 3 is 2.37 bits per heavy atom. The smallest absolute Gasteiger partial charge is 0.279 e. The highest BCUT2D eigenvalue weighted by Crippen LogP contribution is 2.47. The van der Waals surface area contributed by atoms with E-state index < -0.39 is 5.54 Å². The zero-order valence-electron chi connectivity index (χ0n) is 16.4. The normalized spacial score (nSPS) is 17.9. The number of hydrogen-bond donors (Lipinski definition) is 0. The molecule has 0 bridgehead atoms. The molecule has 0 N–H and O–H groups in total. The lowest BCUT2D eigenvalue weighted by molar-refractivity contribution is -0.146. The number of carbonyl (C=O) groups is 2. The highest BCUT2D eigenvalue weighted by molar-refractivity contribution is 6.30. The van der Waals surface area contributed by atoms with Gasteiger partial charge in [0.05, 0.1) is 12.1 Å². The van der Waals surface area contributed by atoms with Crippen LogP contribution in [-0.2, 0) is 16.8 Å². The van der Waals surface area contributed by atoms with E-state index in [0.717, 1.165) is 16.8 Å². The molecule has 4 rings (SSSR count). The molecule has 7 heteroatoms. The van der Waals surface area contributed by atoms with Crippen LogP contribution in [0.4, 0.5) is 0 Å². The summed E-state index contributed by atoms with van der Waals surface area (Å²) in [5.41, 5.74) is 2.18. The first-order chi connectivity index (χ1) is 14.4. The molecule has 1 amide bonds. The number of hydroxylamine groups is 2. The van der Waals surface area contributed by atoms with Crippen LogP contribution in [0.2, 0.25) is 10.0 Å². The molecule has 3 aromatic rings. The van der Waals surface area contributed by atoms with Crippen molar-refractivity contribution in [3.05, 3.63) is 98.8 Å². The fourth-order valence-electron chi connectivity index (χ4n) is 3.97. The van der Waals surface area contributed by atoms with Gasteiger partial charge in [-0.05, 0) is 48.4 Å². The Bertz CT molecular complexity index is 1130. The van der Waals surface area contributed by atoms with Gasteiger partial charge >= 0.3 is 0 Å². The van der Waals surface area contributed by atoms with E-state index in [4.69, 9.17) is 28.0 Å². The van der Waals surface area contributed by atoms with Crippen LogP contribution in [0.1, 0.15) is 44.5 Å². The molecular weight excluding hydrogens is 423 g/mol. The number of aromatic nitrogens is 1. The van der Waals surface area contributed by atoms with E-state index in [-0.39, 0.29) is 11.7 Å². The van der Waals surface area contributed by atoms with Crippen molar-refractivity contribution in [2.75, 3.05) is 7.11 Å². The number of carbonyl (C=O) groups excluding carboxylic acids is 2. The van der Waals surface area contributed by atoms with E-state index >= 15 is 0 Å². The molecule has 1 aliphatic rings. The van der Waals surface area contributed by atoms with E-state index in [2.05, 4.69) is 4.98 Å².